The number of carbonyl (C=O) groups excluding carboxylic acids is 2. The number of aliphatic carboxylic acids is 1. The van der Waals surface area contributed by atoms with Crippen molar-refractivity contribution < 1.29 is 29.3 Å². The third kappa shape index (κ3) is 5.45. The lowest BCUT2D eigenvalue weighted by atomic mass is 9.98. The fraction of sp³-hybridized carbons (Fsp3) is 0.375. The van der Waals surface area contributed by atoms with E-state index in [1.807, 2.05) is 43.3 Å². The molecule has 2 aromatic carbocycles. The summed E-state index contributed by atoms with van der Waals surface area (Å²) in [6.07, 6.45) is 0.496. The first-order valence-corrected chi connectivity index (χ1v) is 10.7. The van der Waals surface area contributed by atoms with E-state index in [-0.39, 0.29) is 18.9 Å². The number of ether oxygens (including phenoxy) is 1. The van der Waals surface area contributed by atoms with Gasteiger partial charge in [0.15, 0.2) is 0 Å². The van der Waals surface area contributed by atoms with Crippen LogP contribution >= 0.6 is 0 Å². The van der Waals surface area contributed by atoms with Crippen molar-refractivity contribution in [1.29, 1.82) is 0 Å². The number of carboxylic acids is 1. The Morgan fingerprint density at radius 2 is 1.59 bits per heavy atom. The Bertz CT molecular complexity index is 931. The standard InChI is InChI=1S/C24H28N2O6/c1-2-7-15(12-22(28)26-21(13-27)23(29)30)25-24(31)32-14-20-18-10-5-3-8-16(18)17-9-4-6-11-19(17)20/h3-6,8-11,15,20-21,27H,2,7,12-14H2,1H3,(H,25,31)(H,26,28)(H,29,30)/t15-,21+/m0/s1. The SMILES string of the molecule is CCC[C@@H](CC(=O)N[C@H](CO)C(=O)O)NC(=O)OCC1c2ccccc2-c2ccccc21. The molecular formula is C24H28N2O6. The molecule has 0 spiro atoms. The zero-order valence-electron chi connectivity index (χ0n) is 17.9. The molecule has 4 N–H and O–H groups in total. The lowest BCUT2D eigenvalue weighted by Crippen LogP contribution is -2.46. The first-order valence-electron chi connectivity index (χ1n) is 10.7. The molecule has 0 heterocycles. The predicted octanol–water partition coefficient (Wildman–Crippen LogP) is 2.65. The van der Waals surface area contributed by atoms with Crippen LogP contribution in [-0.2, 0) is 14.3 Å². The number of benzene rings is 2. The zero-order chi connectivity index (χ0) is 23.1. The molecule has 0 aromatic heterocycles. The van der Waals surface area contributed by atoms with Gasteiger partial charge in [-0.15, -0.1) is 0 Å². The molecule has 0 unspecified atom stereocenters. The topological polar surface area (TPSA) is 125 Å². The predicted molar refractivity (Wildman–Crippen MR) is 118 cm³/mol. The van der Waals surface area contributed by atoms with Gasteiger partial charge in [0, 0.05) is 18.4 Å². The van der Waals surface area contributed by atoms with Gasteiger partial charge in [-0.25, -0.2) is 9.59 Å². The maximum absolute atomic E-state index is 12.5. The molecule has 0 fully saturated rings. The smallest absolute Gasteiger partial charge is 0.407 e. The first-order chi connectivity index (χ1) is 15.4. The average Bonchev–Trinajstić information content (AvgIpc) is 3.10. The van der Waals surface area contributed by atoms with E-state index < -0.39 is 36.7 Å². The first kappa shape index (κ1) is 23.3. The van der Waals surface area contributed by atoms with Crippen LogP contribution in [0.25, 0.3) is 11.1 Å². The van der Waals surface area contributed by atoms with Gasteiger partial charge in [-0.05, 0) is 28.7 Å². The Morgan fingerprint density at radius 1 is 1.00 bits per heavy atom. The van der Waals surface area contributed by atoms with Gasteiger partial charge in [0.2, 0.25) is 5.91 Å². The normalized spacial score (nSPS) is 14.1. The van der Waals surface area contributed by atoms with E-state index in [0.29, 0.717) is 12.8 Å². The Balaban J connectivity index is 1.59. The maximum Gasteiger partial charge on any atom is 0.407 e. The average molecular weight is 440 g/mol. The largest absolute Gasteiger partial charge is 0.480 e. The highest BCUT2D eigenvalue weighted by Gasteiger charge is 2.29. The fourth-order valence-electron chi connectivity index (χ4n) is 4.04. The number of alkyl carbamates (subject to hydrolysis) is 1. The van der Waals surface area contributed by atoms with Crippen LogP contribution in [0.5, 0.6) is 0 Å². The Kier molecular flexibility index (Phi) is 7.83. The molecule has 2 amide bonds. The molecule has 2 atom stereocenters. The molecule has 8 nitrogen and oxygen atoms in total. The number of amides is 2. The summed E-state index contributed by atoms with van der Waals surface area (Å²) in [6, 6.07) is 14.2. The number of hydrogen-bond donors (Lipinski definition) is 4. The van der Waals surface area contributed by atoms with Gasteiger partial charge in [0.25, 0.3) is 0 Å². The van der Waals surface area contributed by atoms with Crippen molar-refractivity contribution in [2.24, 2.45) is 0 Å². The summed E-state index contributed by atoms with van der Waals surface area (Å²) in [4.78, 5) is 35.6. The summed E-state index contributed by atoms with van der Waals surface area (Å²) >= 11 is 0. The van der Waals surface area contributed by atoms with Gasteiger partial charge in [0.05, 0.1) is 6.61 Å². The van der Waals surface area contributed by atoms with E-state index in [2.05, 4.69) is 22.8 Å². The number of hydrogen-bond acceptors (Lipinski definition) is 5. The summed E-state index contributed by atoms with van der Waals surface area (Å²) in [5.74, 6) is -1.96. The highest BCUT2D eigenvalue weighted by molar-refractivity contribution is 5.84. The van der Waals surface area contributed by atoms with Crippen LogP contribution in [0.1, 0.15) is 43.2 Å². The van der Waals surface area contributed by atoms with E-state index >= 15 is 0 Å². The Labute approximate surface area is 186 Å². The second-order valence-corrected chi connectivity index (χ2v) is 7.80. The van der Waals surface area contributed by atoms with E-state index in [1.165, 1.54) is 0 Å². The van der Waals surface area contributed by atoms with Crippen molar-refractivity contribution in [2.45, 2.75) is 44.2 Å². The molecule has 170 valence electrons. The number of fused-ring (bicyclic) bond motifs is 3. The minimum absolute atomic E-state index is 0.0676. The van der Waals surface area contributed by atoms with Crippen LogP contribution in [0.3, 0.4) is 0 Å². The van der Waals surface area contributed by atoms with Crippen molar-refractivity contribution in [3.05, 3.63) is 59.7 Å². The van der Waals surface area contributed by atoms with Crippen LogP contribution in [0.2, 0.25) is 0 Å². The van der Waals surface area contributed by atoms with Crippen molar-refractivity contribution in [3.8, 4) is 11.1 Å². The lowest BCUT2D eigenvalue weighted by Gasteiger charge is -2.20. The maximum atomic E-state index is 12.5. The summed E-state index contributed by atoms with van der Waals surface area (Å²) in [5.41, 5.74) is 4.48. The minimum Gasteiger partial charge on any atom is -0.480 e. The second-order valence-electron chi connectivity index (χ2n) is 7.80. The van der Waals surface area contributed by atoms with E-state index in [0.717, 1.165) is 22.3 Å². The minimum atomic E-state index is -1.38. The summed E-state index contributed by atoms with van der Waals surface area (Å²) in [6.45, 7) is 1.37. The molecule has 8 heteroatoms. The van der Waals surface area contributed by atoms with Crippen molar-refractivity contribution in [1.82, 2.24) is 10.6 Å². The van der Waals surface area contributed by atoms with Crippen molar-refractivity contribution in [2.75, 3.05) is 13.2 Å². The molecule has 0 saturated heterocycles. The summed E-state index contributed by atoms with van der Waals surface area (Å²) in [7, 11) is 0. The zero-order valence-corrected chi connectivity index (χ0v) is 17.9. The van der Waals surface area contributed by atoms with Gasteiger partial charge < -0.3 is 25.6 Å². The van der Waals surface area contributed by atoms with Gasteiger partial charge >= 0.3 is 12.1 Å². The molecule has 0 radical (unpaired) electrons. The molecule has 3 rings (SSSR count). The summed E-state index contributed by atoms with van der Waals surface area (Å²) < 4.78 is 5.52. The van der Waals surface area contributed by atoms with Crippen LogP contribution in [0, 0.1) is 0 Å². The number of nitrogens with one attached hydrogen (secondary N) is 2. The second kappa shape index (κ2) is 10.8. The molecule has 32 heavy (non-hydrogen) atoms. The van der Waals surface area contributed by atoms with Crippen molar-refractivity contribution in [3.63, 3.8) is 0 Å². The molecule has 2 aromatic rings. The van der Waals surface area contributed by atoms with Gasteiger partial charge in [-0.2, -0.15) is 0 Å². The Morgan fingerprint density at radius 3 is 2.12 bits per heavy atom. The molecule has 0 bridgehead atoms. The van der Waals surface area contributed by atoms with Crippen LogP contribution in [-0.4, -0.2) is 53.5 Å². The Hall–Kier alpha value is -3.39. The third-order valence-corrected chi connectivity index (χ3v) is 5.55. The molecule has 0 saturated carbocycles. The van der Waals surface area contributed by atoms with E-state index in [1.54, 1.807) is 0 Å². The highest BCUT2D eigenvalue weighted by atomic mass is 16.5. The number of aliphatic hydroxyl groups is 1. The van der Waals surface area contributed by atoms with Crippen LogP contribution in [0.15, 0.2) is 48.5 Å². The molecule has 1 aliphatic carbocycles. The number of carbonyl (C=O) groups is 3. The third-order valence-electron chi connectivity index (χ3n) is 5.55. The van der Waals surface area contributed by atoms with E-state index in [4.69, 9.17) is 14.9 Å². The van der Waals surface area contributed by atoms with Crippen LogP contribution < -0.4 is 10.6 Å². The molecule has 0 aliphatic heterocycles. The van der Waals surface area contributed by atoms with Gasteiger partial charge in [0.1, 0.15) is 12.6 Å². The van der Waals surface area contributed by atoms with Gasteiger partial charge in [-0.3, -0.25) is 4.79 Å². The molecule has 1 aliphatic rings. The van der Waals surface area contributed by atoms with Gasteiger partial charge in [-0.1, -0.05) is 61.9 Å². The number of rotatable bonds is 10. The number of carboxylic acid groups (broad SMARTS) is 1. The quantitative estimate of drug-likeness (QED) is 0.450. The fourth-order valence-corrected chi connectivity index (χ4v) is 4.04. The van der Waals surface area contributed by atoms with Crippen molar-refractivity contribution >= 4 is 18.0 Å². The van der Waals surface area contributed by atoms with E-state index in [9.17, 15) is 14.4 Å². The number of aliphatic hydroxyl groups excluding tert-OH is 1. The molecular weight excluding hydrogens is 412 g/mol. The summed E-state index contributed by atoms with van der Waals surface area (Å²) in [5, 5.41) is 23.0. The monoisotopic (exact) mass is 440 g/mol. The lowest BCUT2D eigenvalue weighted by molar-refractivity contribution is -0.143. The van der Waals surface area contributed by atoms with Crippen LogP contribution in [0.4, 0.5) is 4.79 Å². The highest BCUT2D eigenvalue weighted by Crippen LogP contribution is 2.44.